The molecule has 0 saturated carbocycles. The van der Waals surface area contributed by atoms with Crippen molar-refractivity contribution >= 4 is 11.6 Å². The van der Waals surface area contributed by atoms with E-state index in [-0.39, 0.29) is 0 Å². The fraction of sp³-hybridized carbons (Fsp3) is 0.263. The number of ether oxygens (including phenoxy) is 1. The number of methoxy groups -OCH3 is 1. The quantitative estimate of drug-likeness (QED) is 0.634. The Hall–Kier alpha value is -2.02. The van der Waals surface area contributed by atoms with Crippen LogP contribution in [0.4, 0.5) is 0 Å². The molecule has 0 N–H and O–H groups in total. The SMILES string of the molecule is CCCC/C(=C\c1ccccc1)c1cccc(OC)c1. The Bertz CT molecular complexity index is 555. The molecule has 0 radical (unpaired) electrons. The van der Waals surface area contributed by atoms with Gasteiger partial charge in [0, 0.05) is 0 Å². The van der Waals surface area contributed by atoms with Crippen LogP contribution in [0.15, 0.2) is 54.6 Å². The molecule has 0 amide bonds. The molecule has 0 unspecified atom stereocenters. The zero-order chi connectivity index (χ0) is 14.2. The van der Waals surface area contributed by atoms with E-state index in [2.05, 4.69) is 61.5 Å². The van der Waals surface area contributed by atoms with Crippen LogP contribution in [0.3, 0.4) is 0 Å². The smallest absolute Gasteiger partial charge is 0.119 e. The largest absolute Gasteiger partial charge is 0.497 e. The first-order chi connectivity index (χ1) is 9.83. The lowest BCUT2D eigenvalue weighted by Gasteiger charge is -2.09. The molecular formula is C19H22O. The van der Waals surface area contributed by atoms with Crippen molar-refractivity contribution in [2.45, 2.75) is 26.2 Å². The monoisotopic (exact) mass is 266 g/mol. The number of unbranched alkanes of at least 4 members (excludes halogenated alkanes) is 1. The summed E-state index contributed by atoms with van der Waals surface area (Å²) in [4.78, 5) is 0. The van der Waals surface area contributed by atoms with Crippen LogP contribution < -0.4 is 4.74 Å². The van der Waals surface area contributed by atoms with E-state index in [1.165, 1.54) is 29.5 Å². The summed E-state index contributed by atoms with van der Waals surface area (Å²) >= 11 is 0. The minimum atomic E-state index is 0.915. The van der Waals surface area contributed by atoms with Gasteiger partial charge in [-0.05, 0) is 41.7 Å². The predicted molar refractivity (Wildman–Crippen MR) is 86.8 cm³/mol. The third-order valence-corrected chi connectivity index (χ3v) is 3.38. The molecule has 104 valence electrons. The van der Waals surface area contributed by atoms with Crippen molar-refractivity contribution < 1.29 is 4.74 Å². The molecule has 1 nitrogen and oxygen atoms in total. The summed E-state index contributed by atoms with van der Waals surface area (Å²) < 4.78 is 5.33. The van der Waals surface area contributed by atoms with E-state index in [9.17, 15) is 0 Å². The van der Waals surface area contributed by atoms with E-state index in [1.807, 2.05) is 6.07 Å². The van der Waals surface area contributed by atoms with E-state index in [0.717, 1.165) is 12.2 Å². The van der Waals surface area contributed by atoms with Gasteiger partial charge >= 0.3 is 0 Å². The summed E-state index contributed by atoms with van der Waals surface area (Å²) in [6.45, 7) is 2.23. The molecule has 0 aromatic heterocycles. The summed E-state index contributed by atoms with van der Waals surface area (Å²) in [5.74, 6) is 0.915. The fourth-order valence-corrected chi connectivity index (χ4v) is 2.24. The van der Waals surface area contributed by atoms with Crippen molar-refractivity contribution in [1.82, 2.24) is 0 Å². The highest BCUT2D eigenvalue weighted by atomic mass is 16.5. The van der Waals surface area contributed by atoms with E-state index in [1.54, 1.807) is 7.11 Å². The Morgan fingerprint density at radius 2 is 1.85 bits per heavy atom. The second kappa shape index (κ2) is 7.54. The first-order valence-electron chi connectivity index (χ1n) is 7.23. The zero-order valence-electron chi connectivity index (χ0n) is 12.3. The van der Waals surface area contributed by atoms with Gasteiger partial charge in [0.25, 0.3) is 0 Å². The van der Waals surface area contributed by atoms with E-state index in [0.29, 0.717) is 0 Å². The third kappa shape index (κ3) is 3.99. The van der Waals surface area contributed by atoms with Gasteiger partial charge in [0.2, 0.25) is 0 Å². The molecule has 2 rings (SSSR count). The minimum absolute atomic E-state index is 0.915. The molecular weight excluding hydrogens is 244 g/mol. The van der Waals surface area contributed by atoms with Crippen LogP contribution in [0.25, 0.3) is 11.6 Å². The molecule has 20 heavy (non-hydrogen) atoms. The molecule has 2 aromatic carbocycles. The maximum atomic E-state index is 5.33. The third-order valence-electron chi connectivity index (χ3n) is 3.38. The zero-order valence-corrected chi connectivity index (χ0v) is 12.3. The maximum absolute atomic E-state index is 5.33. The summed E-state index contributed by atoms with van der Waals surface area (Å²) in [5.41, 5.74) is 3.88. The highest BCUT2D eigenvalue weighted by Gasteiger charge is 2.03. The van der Waals surface area contributed by atoms with Crippen LogP contribution in [0.2, 0.25) is 0 Å². The van der Waals surface area contributed by atoms with Gasteiger partial charge in [0.1, 0.15) is 5.75 Å². The van der Waals surface area contributed by atoms with Gasteiger partial charge in [-0.3, -0.25) is 0 Å². The molecule has 0 fully saturated rings. The summed E-state index contributed by atoms with van der Waals surface area (Å²) in [7, 11) is 1.71. The number of benzene rings is 2. The Kier molecular flexibility index (Phi) is 5.43. The summed E-state index contributed by atoms with van der Waals surface area (Å²) in [5, 5.41) is 0. The van der Waals surface area contributed by atoms with Gasteiger partial charge in [0.15, 0.2) is 0 Å². The second-order valence-corrected chi connectivity index (χ2v) is 4.92. The molecule has 0 heterocycles. The van der Waals surface area contributed by atoms with Gasteiger partial charge < -0.3 is 4.74 Å². The molecule has 0 aliphatic rings. The first kappa shape index (κ1) is 14.4. The van der Waals surface area contributed by atoms with Gasteiger partial charge in [0.05, 0.1) is 7.11 Å². The van der Waals surface area contributed by atoms with Crippen LogP contribution in [0, 0.1) is 0 Å². The highest BCUT2D eigenvalue weighted by Crippen LogP contribution is 2.26. The van der Waals surface area contributed by atoms with Gasteiger partial charge in [-0.15, -0.1) is 0 Å². The van der Waals surface area contributed by atoms with Crippen molar-refractivity contribution in [2.75, 3.05) is 7.11 Å². The molecule has 0 atom stereocenters. The molecule has 1 heteroatoms. The number of rotatable bonds is 6. The molecule has 0 aliphatic carbocycles. The average Bonchev–Trinajstić information content (AvgIpc) is 2.52. The van der Waals surface area contributed by atoms with Crippen molar-refractivity contribution in [3.05, 3.63) is 65.7 Å². The van der Waals surface area contributed by atoms with Crippen LogP contribution in [-0.2, 0) is 0 Å². The Morgan fingerprint density at radius 3 is 2.55 bits per heavy atom. The number of hydrogen-bond acceptors (Lipinski definition) is 1. The van der Waals surface area contributed by atoms with E-state index >= 15 is 0 Å². The average molecular weight is 266 g/mol. The van der Waals surface area contributed by atoms with Crippen molar-refractivity contribution in [1.29, 1.82) is 0 Å². The number of hydrogen-bond donors (Lipinski definition) is 0. The van der Waals surface area contributed by atoms with Gasteiger partial charge in [-0.25, -0.2) is 0 Å². The standard InChI is InChI=1S/C19H22O/c1-3-4-11-17(14-16-9-6-5-7-10-16)18-12-8-13-19(15-18)20-2/h5-10,12-15H,3-4,11H2,1-2H3/b17-14+. The summed E-state index contributed by atoms with van der Waals surface area (Å²) in [6, 6.07) is 18.8. The first-order valence-corrected chi connectivity index (χ1v) is 7.23. The lowest BCUT2D eigenvalue weighted by molar-refractivity contribution is 0.414. The Labute approximate surface area is 121 Å². The van der Waals surface area contributed by atoms with Crippen molar-refractivity contribution in [3.8, 4) is 5.75 Å². The lowest BCUT2D eigenvalue weighted by atomic mass is 9.97. The topological polar surface area (TPSA) is 9.23 Å². The molecule has 0 saturated heterocycles. The Morgan fingerprint density at radius 1 is 1.05 bits per heavy atom. The summed E-state index contributed by atoms with van der Waals surface area (Å²) in [6.07, 6.45) is 5.79. The number of allylic oxidation sites excluding steroid dienone is 1. The lowest BCUT2D eigenvalue weighted by Crippen LogP contribution is -1.88. The maximum Gasteiger partial charge on any atom is 0.119 e. The van der Waals surface area contributed by atoms with Crippen LogP contribution in [0.1, 0.15) is 37.3 Å². The van der Waals surface area contributed by atoms with Crippen molar-refractivity contribution in [2.24, 2.45) is 0 Å². The molecule has 2 aromatic rings. The molecule has 0 bridgehead atoms. The second-order valence-electron chi connectivity index (χ2n) is 4.92. The Balaban J connectivity index is 2.33. The van der Waals surface area contributed by atoms with Crippen LogP contribution >= 0.6 is 0 Å². The molecule has 0 spiro atoms. The molecule has 0 aliphatic heterocycles. The van der Waals surface area contributed by atoms with Crippen LogP contribution in [-0.4, -0.2) is 7.11 Å². The minimum Gasteiger partial charge on any atom is -0.497 e. The van der Waals surface area contributed by atoms with Crippen molar-refractivity contribution in [3.63, 3.8) is 0 Å². The van der Waals surface area contributed by atoms with E-state index < -0.39 is 0 Å². The normalized spacial score (nSPS) is 11.4. The fourth-order valence-electron chi connectivity index (χ4n) is 2.24. The van der Waals surface area contributed by atoms with Gasteiger partial charge in [-0.1, -0.05) is 61.9 Å². The van der Waals surface area contributed by atoms with Gasteiger partial charge in [-0.2, -0.15) is 0 Å². The van der Waals surface area contributed by atoms with Crippen LogP contribution in [0.5, 0.6) is 5.75 Å². The van der Waals surface area contributed by atoms with E-state index in [4.69, 9.17) is 4.74 Å². The highest BCUT2D eigenvalue weighted by molar-refractivity contribution is 5.81. The predicted octanol–water partition coefficient (Wildman–Crippen LogP) is 5.43.